The monoisotopic (exact) mass is 427 g/mol. The Balaban J connectivity index is 1.50. The average Bonchev–Trinajstić information content (AvgIpc) is 2.78. The minimum absolute atomic E-state index is 0.0592. The summed E-state index contributed by atoms with van der Waals surface area (Å²) in [6, 6.07) is 14.6. The first-order valence-electron chi connectivity index (χ1n) is 10.2. The molecule has 1 aliphatic heterocycles. The predicted molar refractivity (Wildman–Crippen MR) is 112 cm³/mol. The lowest BCUT2D eigenvalue weighted by Crippen LogP contribution is -2.51. The van der Waals surface area contributed by atoms with E-state index in [1.54, 1.807) is 21.9 Å². The summed E-state index contributed by atoms with van der Waals surface area (Å²) in [5, 5.41) is 2.75. The highest BCUT2D eigenvalue weighted by Gasteiger charge is 2.27. The van der Waals surface area contributed by atoms with Crippen molar-refractivity contribution in [2.24, 2.45) is 0 Å². The highest BCUT2D eigenvalue weighted by molar-refractivity contribution is 5.79. The lowest BCUT2D eigenvalue weighted by Gasteiger charge is -2.35. The van der Waals surface area contributed by atoms with Crippen molar-refractivity contribution in [3.05, 3.63) is 71.5 Å². The summed E-state index contributed by atoms with van der Waals surface area (Å²) in [7, 11) is 0. The minimum Gasteiger partial charge on any atom is -0.445 e. The van der Waals surface area contributed by atoms with E-state index in [1.165, 1.54) is 19.1 Å². The Bertz CT molecular complexity index is 897. The smallest absolute Gasteiger partial charge is 0.410 e. The topological polar surface area (TPSA) is 79.0 Å². The van der Waals surface area contributed by atoms with E-state index in [0.29, 0.717) is 31.7 Å². The summed E-state index contributed by atoms with van der Waals surface area (Å²) in [4.78, 5) is 39.9. The third-order valence-corrected chi connectivity index (χ3v) is 5.12. The lowest BCUT2D eigenvalue weighted by molar-refractivity contribution is -0.133. The van der Waals surface area contributed by atoms with Crippen molar-refractivity contribution in [2.45, 2.75) is 26.0 Å². The summed E-state index contributed by atoms with van der Waals surface area (Å²) >= 11 is 0. The van der Waals surface area contributed by atoms with Gasteiger partial charge in [0.15, 0.2) is 0 Å². The maximum Gasteiger partial charge on any atom is 0.410 e. The SMILES string of the molecule is CC(=O)NC(CC(=O)N1CCN(C(=O)OCc2ccccc2)CC1)c1ccc(F)cc1. The van der Waals surface area contributed by atoms with Crippen LogP contribution >= 0.6 is 0 Å². The van der Waals surface area contributed by atoms with E-state index >= 15 is 0 Å². The number of amides is 3. The summed E-state index contributed by atoms with van der Waals surface area (Å²) < 4.78 is 18.6. The van der Waals surface area contributed by atoms with Gasteiger partial charge in [-0.2, -0.15) is 0 Å². The number of carbonyl (C=O) groups is 3. The van der Waals surface area contributed by atoms with Crippen molar-refractivity contribution in [1.82, 2.24) is 15.1 Å². The first kappa shape index (κ1) is 22.3. The van der Waals surface area contributed by atoms with Gasteiger partial charge in [0, 0.05) is 33.1 Å². The van der Waals surface area contributed by atoms with E-state index in [4.69, 9.17) is 4.74 Å². The third-order valence-electron chi connectivity index (χ3n) is 5.12. The molecule has 0 bridgehead atoms. The fraction of sp³-hybridized carbons (Fsp3) is 0.348. The third kappa shape index (κ3) is 6.53. The number of nitrogens with zero attached hydrogens (tertiary/aromatic N) is 2. The van der Waals surface area contributed by atoms with Gasteiger partial charge in [0.05, 0.1) is 12.5 Å². The van der Waals surface area contributed by atoms with Gasteiger partial charge in [-0.05, 0) is 23.3 Å². The number of benzene rings is 2. The summed E-state index contributed by atoms with van der Waals surface area (Å²) in [6.07, 6.45) is -0.345. The summed E-state index contributed by atoms with van der Waals surface area (Å²) in [5.74, 6) is -0.791. The molecule has 8 heteroatoms. The zero-order chi connectivity index (χ0) is 22.2. The molecule has 0 saturated carbocycles. The zero-order valence-corrected chi connectivity index (χ0v) is 17.4. The molecule has 2 aromatic carbocycles. The molecule has 0 aromatic heterocycles. The molecule has 0 aliphatic carbocycles. The van der Waals surface area contributed by atoms with Crippen LogP contribution < -0.4 is 5.32 Å². The molecule has 0 spiro atoms. The van der Waals surface area contributed by atoms with E-state index in [1.807, 2.05) is 30.3 Å². The Morgan fingerprint density at radius 1 is 0.968 bits per heavy atom. The Morgan fingerprint density at radius 3 is 2.19 bits per heavy atom. The molecule has 7 nitrogen and oxygen atoms in total. The highest BCUT2D eigenvalue weighted by Crippen LogP contribution is 2.19. The maximum absolute atomic E-state index is 13.2. The minimum atomic E-state index is -0.542. The number of hydrogen-bond acceptors (Lipinski definition) is 4. The average molecular weight is 427 g/mol. The van der Waals surface area contributed by atoms with Gasteiger partial charge in [-0.1, -0.05) is 42.5 Å². The number of piperazine rings is 1. The molecule has 1 N–H and O–H groups in total. The van der Waals surface area contributed by atoms with E-state index < -0.39 is 12.1 Å². The normalized spacial score (nSPS) is 14.6. The lowest BCUT2D eigenvalue weighted by atomic mass is 10.0. The van der Waals surface area contributed by atoms with Crippen molar-refractivity contribution in [2.75, 3.05) is 26.2 Å². The van der Waals surface area contributed by atoms with Gasteiger partial charge in [0.2, 0.25) is 11.8 Å². The van der Waals surface area contributed by atoms with E-state index in [0.717, 1.165) is 5.56 Å². The number of rotatable bonds is 6. The standard InChI is InChI=1S/C23H26FN3O4/c1-17(28)25-21(19-7-9-20(24)10-8-19)15-22(29)26-11-13-27(14-12-26)23(30)31-16-18-5-3-2-4-6-18/h2-10,21H,11-16H2,1H3,(H,25,28). The number of hydrogen-bond donors (Lipinski definition) is 1. The molecule has 3 rings (SSSR count). The molecule has 0 radical (unpaired) electrons. The largest absolute Gasteiger partial charge is 0.445 e. The quantitative estimate of drug-likeness (QED) is 0.769. The Labute approximate surface area is 180 Å². The predicted octanol–water partition coefficient (Wildman–Crippen LogP) is 2.87. The molecule has 1 fully saturated rings. The molecule has 31 heavy (non-hydrogen) atoms. The molecule has 1 heterocycles. The van der Waals surface area contributed by atoms with Crippen molar-refractivity contribution in [3.8, 4) is 0 Å². The van der Waals surface area contributed by atoms with Crippen LogP contribution in [-0.2, 0) is 20.9 Å². The maximum atomic E-state index is 13.2. The molecule has 1 atom stereocenters. The second-order valence-corrected chi connectivity index (χ2v) is 7.42. The Morgan fingerprint density at radius 2 is 1.58 bits per heavy atom. The van der Waals surface area contributed by atoms with Crippen LogP contribution in [0.25, 0.3) is 0 Å². The summed E-state index contributed by atoms with van der Waals surface area (Å²) in [6.45, 7) is 3.10. The van der Waals surface area contributed by atoms with Gasteiger partial charge in [-0.3, -0.25) is 9.59 Å². The van der Waals surface area contributed by atoms with Gasteiger partial charge in [-0.25, -0.2) is 9.18 Å². The number of nitrogens with one attached hydrogen (secondary N) is 1. The van der Waals surface area contributed by atoms with Crippen LogP contribution in [0.1, 0.15) is 30.5 Å². The van der Waals surface area contributed by atoms with Crippen LogP contribution in [0.3, 0.4) is 0 Å². The van der Waals surface area contributed by atoms with Crippen molar-refractivity contribution in [3.63, 3.8) is 0 Å². The van der Waals surface area contributed by atoms with Crippen molar-refractivity contribution >= 4 is 17.9 Å². The summed E-state index contributed by atoms with van der Waals surface area (Å²) in [5.41, 5.74) is 1.57. The molecule has 1 saturated heterocycles. The van der Waals surface area contributed by atoms with Crippen LogP contribution in [-0.4, -0.2) is 53.9 Å². The molecule has 1 aliphatic rings. The van der Waals surface area contributed by atoms with Crippen molar-refractivity contribution < 1.29 is 23.5 Å². The van der Waals surface area contributed by atoms with Crippen LogP contribution in [0.4, 0.5) is 9.18 Å². The Kier molecular flexibility index (Phi) is 7.59. The van der Waals surface area contributed by atoms with Gasteiger partial charge in [0.1, 0.15) is 12.4 Å². The van der Waals surface area contributed by atoms with Gasteiger partial charge in [0.25, 0.3) is 0 Å². The fourth-order valence-electron chi connectivity index (χ4n) is 3.45. The van der Waals surface area contributed by atoms with Gasteiger partial charge < -0.3 is 19.9 Å². The molecule has 164 valence electrons. The Hall–Kier alpha value is -3.42. The molecular formula is C23H26FN3O4. The van der Waals surface area contributed by atoms with E-state index in [9.17, 15) is 18.8 Å². The molecule has 2 aromatic rings. The highest BCUT2D eigenvalue weighted by atomic mass is 19.1. The first-order valence-corrected chi connectivity index (χ1v) is 10.2. The molecule has 3 amide bonds. The first-order chi connectivity index (χ1) is 14.9. The van der Waals surface area contributed by atoms with Crippen LogP contribution in [0, 0.1) is 5.82 Å². The van der Waals surface area contributed by atoms with E-state index in [2.05, 4.69) is 5.32 Å². The van der Waals surface area contributed by atoms with Gasteiger partial charge >= 0.3 is 6.09 Å². The number of carbonyl (C=O) groups excluding carboxylic acids is 3. The fourth-order valence-corrected chi connectivity index (χ4v) is 3.45. The molecule has 1 unspecified atom stereocenters. The second kappa shape index (κ2) is 10.6. The van der Waals surface area contributed by atoms with E-state index in [-0.39, 0.29) is 30.7 Å². The molecular weight excluding hydrogens is 401 g/mol. The van der Waals surface area contributed by atoms with Gasteiger partial charge in [-0.15, -0.1) is 0 Å². The van der Waals surface area contributed by atoms with Crippen LogP contribution in [0.15, 0.2) is 54.6 Å². The van der Waals surface area contributed by atoms with Crippen molar-refractivity contribution in [1.29, 1.82) is 0 Å². The number of halogens is 1. The second-order valence-electron chi connectivity index (χ2n) is 7.42. The zero-order valence-electron chi connectivity index (χ0n) is 17.4. The number of ether oxygens (including phenoxy) is 1. The van der Waals surface area contributed by atoms with Crippen LogP contribution in [0.5, 0.6) is 0 Å². The van der Waals surface area contributed by atoms with Crippen LogP contribution in [0.2, 0.25) is 0 Å².